The van der Waals surface area contributed by atoms with Gasteiger partial charge in [-0.3, -0.25) is 9.89 Å². The van der Waals surface area contributed by atoms with Crippen molar-refractivity contribution in [2.24, 2.45) is 4.99 Å². The molecule has 1 aliphatic heterocycles. The number of ether oxygens (including phenoxy) is 1. The Hall–Kier alpha value is -1.36. The Morgan fingerprint density at radius 3 is 2.35 bits per heavy atom. The molecule has 1 aliphatic rings. The molecule has 0 spiro atoms. The quantitative estimate of drug-likeness (QED) is 0.278. The lowest BCUT2D eigenvalue weighted by Gasteiger charge is -2.29. The molecule has 2 aromatic rings. The third kappa shape index (κ3) is 7.34. The van der Waals surface area contributed by atoms with Crippen molar-refractivity contribution >= 4 is 41.3 Å². The van der Waals surface area contributed by atoms with Crippen LogP contribution in [0.2, 0.25) is 0 Å². The molecule has 0 bridgehead atoms. The summed E-state index contributed by atoms with van der Waals surface area (Å²) in [6, 6.07) is 13.3. The molecule has 1 aromatic heterocycles. The van der Waals surface area contributed by atoms with Gasteiger partial charge in [0.2, 0.25) is 0 Å². The Bertz CT molecular complexity index is 776. The van der Waals surface area contributed by atoms with E-state index in [1.54, 1.807) is 7.11 Å². The Morgan fingerprint density at radius 1 is 1.13 bits per heavy atom. The van der Waals surface area contributed by atoms with Crippen LogP contribution in [0.25, 0.3) is 0 Å². The molecule has 1 saturated heterocycles. The van der Waals surface area contributed by atoms with Gasteiger partial charge in [0.1, 0.15) is 5.75 Å². The Kier molecular flexibility index (Phi) is 11.1. The van der Waals surface area contributed by atoms with Crippen LogP contribution in [-0.4, -0.2) is 70.2 Å². The standard InChI is InChI=1S/C23H35N5OS.HI/c1-24-23(25-16-20(27(2)3)18-9-11-19(29-4)12-10-18)26-17-21(22-8-7-15-30-22)28-13-5-6-14-28;/h7-12,15,20-21H,5-6,13-14,16-17H2,1-4H3,(H2,24,25,26);1H. The molecule has 2 unspecified atom stereocenters. The number of hydrogen-bond donors (Lipinski definition) is 2. The lowest BCUT2D eigenvalue weighted by molar-refractivity contribution is 0.248. The summed E-state index contributed by atoms with van der Waals surface area (Å²) < 4.78 is 5.29. The van der Waals surface area contributed by atoms with Crippen LogP contribution in [0.1, 0.15) is 35.4 Å². The molecule has 1 fully saturated rings. The van der Waals surface area contributed by atoms with Gasteiger partial charge in [0, 0.05) is 25.0 Å². The van der Waals surface area contributed by atoms with Gasteiger partial charge >= 0.3 is 0 Å². The van der Waals surface area contributed by atoms with Crippen molar-refractivity contribution in [1.29, 1.82) is 0 Å². The van der Waals surface area contributed by atoms with Gasteiger partial charge in [-0.25, -0.2) is 0 Å². The lowest BCUT2D eigenvalue weighted by Crippen LogP contribution is -2.44. The number of guanidine groups is 1. The number of methoxy groups -OCH3 is 1. The normalized spacial score (nSPS) is 16.6. The van der Waals surface area contributed by atoms with E-state index in [2.05, 4.69) is 69.2 Å². The van der Waals surface area contributed by atoms with Crippen LogP contribution in [0, 0.1) is 0 Å². The minimum Gasteiger partial charge on any atom is -0.497 e. The van der Waals surface area contributed by atoms with Gasteiger partial charge in [0.05, 0.1) is 19.2 Å². The first-order valence-electron chi connectivity index (χ1n) is 10.6. The summed E-state index contributed by atoms with van der Waals surface area (Å²) in [5, 5.41) is 9.25. The molecule has 172 valence electrons. The van der Waals surface area contributed by atoms with Crippen LogP contribution >= 0.6 is 35.3 Å². The molecule has 2 N–H and O–H groups in total. The monoisotopic (exact) mass is 557 g/mol. The maximum absolute atomic E-state index is 5.29. The first kappa shape index (κ1) is 25.9. The van der Waals surface area contributed by atoms with Crippen molar-refractivity contribution in [2.45, 2.75) is 24.9 Å². The van der Waals surface area contributed by atoms with E-state index in [4.69, 9.17) is 4.74 Å². The van der Waals surface area contributed by atoms with Crippen LogP contribution < -0.4 is 15.4 Å². The molecule has 1 aromatic carbocycles. The molecule has 31 heavy (non-hydrogen) atoms. The SMILES string of the molecule is CN=C(NCC(c1ccc(OC)cc1)N(C)C)NCC(c1cccs1)N1CCCC1.I. The molecular weight excluding hydrogens is 521 g/mol. The number of nitrogens with one attached hydrogen (secondary N) is 2. The number of hydrogen-bond acceptors (Lipinski definition) is 5. The fourth-order valence-corrected chi connectivity index (χ4v) is 4.84. The topological polar surface area (TPSA) is 52.1 Å². The highest BCUT2D eigenvalue weighted by Crippen LogP contribution is 2.27. The number of nitrogens with zero attached hydrogens (tertiary/aromatic N) is 3. The first-order chi connectivity index (χ1) is 14.6. The summed E-state index contributed by atoms with van der Waals surface area (Å²) in [4.78, 5) is 10.7. The van der Waals surface area contributed by atoms with Gasteiger partial charge in [-0.15, -0.1) is 35.3 Å². The summed E-state index contributed by atoms with van der Waals surface area (Å²) in [5.41, 5.74) is 1.25. The van der Waals surface area contributed by atoms with Crippen molar-refractivity contribution < 1.29 is 4.74 Å². The average molecular weight is 558 g/mol. The summed E-state index contributed by atoms with van der Waals surface area (Å²) in [6.07, 6.45) is 2.59. The number of likely N-dealkylation sites (tertiary alicyclic amines) is 1. The second-order valence-corrected chi connectivity index (χ2v) is 8.84. The molecule has 0 radical (unpaired) electrons. The molecule has 0 saturated carbocycles. The van der Waals surface area contributed by atoms with E-state index in [0.717, 1.165) is 24.8 Å². The molecule has 2 atom stereocenters. The van der Waals surface area contributed by atoms with Gasteiger partial charge in [0.25, 0.3) is 0 Å². The first-order valence-corrected chi connectivity index (χ1v) is 11.5. The predicted octanol–water partition coefficient (Wildman–Crippen LogP) is 3.98. The van der Waals surface area contributed by atoms with Crippen molar-refractivity contribution in [3.05, 3.63) is 52.2 Å². The Labute approximate surface area is 208 Å². The molecule has 2 heterocycles. The van der Waals surface area contributed by atoms with E-state index in [1.807, 2.05) is 30.5 Å². The van der Waals surface area contributed by atoms with Gasteiger partial charge in [-0.1, -0.05) is 18.2 Å². The van der Waals surface area contributed by atoms with Gasteiger partial charge in [0.15, 0.2) is 5.96 Å². The Balaban J connectivity index is 0.00000341. The minimum absolute atomic E-state index is 0. The summed E-state index contributed by atoms with van der Waals surface area (Å²) in [5.74, 6) is 1.72. The highest BCUT2D eigenvalue weighted by molar-refractivity contribution is 14.0. The smallest absolute Gasteiger partial charge is 0.191 e. The number of aliphatic imine (C=N–C) groups is 1. The van der Waals surface area contributed by atoms with Crippen molar-refractivity contribution in [2.75, 3.05) is 54.4 Å². The maximum atomic E-state index is 5.29. The summed E-state index contributed by atoms with van der Waals surface area (Å²) in [6.45, 7) is 3.98. The highest BCUT2D eigenvalue weighted by atomic mass is 127. The van der Waals surface area contributed by atoms with Crippen molar-refractivity contribution in [1.82, 2.24) is 20.4 Å². The Morgan fingerprint density at radius 2 is 1.81 bits per heavy atom. The van der Waals surface area contributed by atoms with E-state index >= 15 is 0 Å². The van der Waals surface area contributed by atoms with Crippen LogP contribution in [0.3, 0.4) is 0 Å². The third-order valence-corrected chi connectivity index (χ3v) is 6.70. The molecule has 0 aliphatic carbocycles. The van der Waals surface area contributed by atoms with Gasteiger partial charge in [-0.05, 0) is 69.2 Å². The molecule has 0 amide bonds. The van der Waals surface area contributed by atoms with E-state index in [0.29, 0.717) is 6.04 Å². The number of rotatable bonds is 9. The fourth-order valence-electron chi connectivity index (χ4n) is 3.98. The van der Waals surface area contributed by atoms with E-state index in [1.165, 1.54) is 36.4 Å². The number of halogens is 1. The predicted molar refractivity (Wildman–Crippen MR) is 142 cm³/mol. The largest absolute Gasteiger partial charge is 0.497 e. The zero-order valence-electron chi connectivity index (χ0n) is 19.0. The number of likely N-dealkylation sites (N-methyl/N-ethyl adjacent to an activating group) is 1. The highest BCUT2D eigenvalue weighted by Gasteiger charge is 2.24. The van der Waals surface area contributed by atoms with Crippen LogP contribution in [0.5, 0.6) is 5.75 Å². The second kappa shape index (κ2) is 13.2. The third-order valence-electron chi connectivity index (χ3n) is 5.73. The summed E-state index contributed by atoms with van der Waals surface area (Å²) >= 11 is 1.84. The van der Waals surface area contributed by atoms with Crippen molar-refractivity contribution in [3.63, 3.8) is 0 Å². The second-order valence-electron chi connectivity index (χ2n) is 7.86. The van der Waals surface area contributed by atoms with Gasteiger partial charge < -0.3 is 20.3 Å². The number of benzene rings is 1. The van der Waals surface area contributed by atoms with E-state index < -0.39 is 0 Å². The van der Waals surface area contributed by atoms with Crippen LogP contribution in [0.4, 0.5) is 0 Å². The number of thiophene rings is 1. The lowest BCUT2D eigenvalue weighted by atomic mass is 10.1. The van der Waals surface area contributed by atoms with E-state index in [9.17, 15) is 0 Å². The van der Waals surface area contributed by atoms with Crippen LogP contribution in [0.15, 0.2) is 46.8 Å². The van der Waals surface area contributed by atoms with Crippen LogP contribution in [-0.2, 0) is 0 Å². The fraction of sp³-hybridized carbons (Fsp3) is 0.522. The summed E-state index contributed by atoms with van der Waals surface area (Å²) in [7, 11) is 7.74. The molecule has 8 heteroatoms. The van der Waals surface area contributed by atoms with E-state index in [-0.39, 0.29) is 30.0 Å². The molecule has 3 rings (SSSR count). The maximum Gasteiger partial charge on any atom is 0.191 e. The zero-order valence-corrected chi connectivity index (χ0v) is 22.2. The van der Waals surface area contributed by atoms with Gasteiger partial charge in [-0.2, -0.15) is 0 Å². The van der Waals surface area contributed by atoms with Crippen molar-refractivity contribution in [3.8, 4) is 5.75 Å². The minimum atomic E-state index is 0. The average Bonchev–Trinajstić information content (AvgIpc) is 3.48. The zero-order chi connectivity index (χ0) is 21.3. The molecule has 6 nitrogen and oxygen atoms in total. The molecular formula is C23H36IN5OS.